The van der Waals surface area contributed by atoms with Gasteiger partial charge in [0.05, 0.1) is 0 Å². The van der Waals surface area contributed by atoms with Crippen LogP contribution in [0.2, 0.25) is 39.3 Å². The fraction of sp³-hybridized carbons (Fsp3) is 0.517. The maximum Gasteiger partial charge on any atom is 0.220 e. The lowest BCUT2D eigenvalue weighted by molar-refractivity contribution is -0.0648. The van der Waals surface area contributed by atoms with Gasteiger partial charge in [0.2, 0.25) is 8.32 Å². The predicted octanol–water partition coefficient (Wildman–Crippen LogP) is 17.8. The van der Waals surface area contributed by atoms with Crippen molar-refractivity contribution in [1.29, 1.82) is 0 Å². The van der Waals surface area contributed by atoms with Crippen molar-refractivity contribution < 1.29 is 14.6 Å². The van der Waals surface area contributed by atoms with E-state index in [1.165, 1.54) is 103 Å². The molecule has 0 heterocycles. The van der Waals surface area contributed by atoms with Crippen molar-refractivity contribution in [1.82, 2.24) is 0 Å². The zero-order valence-corrected chi connectivity index (χ0v) is 61.7. The van der Waals surface area contributed by atoms with Gasteiger partial charge in [-0.05, 0) is 252 Å². The van der Waals surface area contributed by atoms with Crippen LogP contribution in [-0.4, -0.2) is 51.5 Å². The van der Waals surface area contributed by atoms with Gasteiger partial charge in [0.1, 0.15) is 16.8 Å². The molecule has 0 aliphatic heterocycles. The van der Waals surface area contributed by atoms with E-state index in [2.05, 4.69) is 255 Å². The third kappa shape index (κ3) is 11.6. The highest BCUT2D eigenvalue weighted by atomic mass is 28.4. The normalized spacial score (nSPS) is 34.2. The summed E-state index contributed by atoms with van der Waals surface area (Å²) in [6.45, 7) is 28.1. The molecule has 0 spiro atoms. The van der Waals surface area contributed by atoms with Gasteiger partial charge in [0.15, 0.2) is 16.1 Å². The molecule has 93 heavy (non-hydrogen) atoms. The summed E-state index contributed by atoms with van der Waals surface area (Å²) >= 11 is 0. The van der Waals surface area contributed by atoms with Gasteiger partial charge in [-0.3, -0.25) is 0 Å². The van der Waals surface area contributed by atoms with Crippen molar-refractivity contribution in [3.8, 4) is 35.3 Å². The second-order valence-corrected chi connectivity index (χ2v) is 45.4. The summed E-state index contributed by atoms with van der Waals surface area (Å²) in [5, 5.41) is 27.0. The molecule has 0 radical (unpaired) electrons. The van der Waals surface area contributed by atoms with Crippen LogP contribution in [0.25, 0.3) is 0 Å². The largest absolute Gasteiger partial charge is 0.396 e. The van der Waals surface area contributed by atoms with Gasteiger partial charge in [-0.25, -0.2) is 0 Å². The molecule has 3 nitrogen and oxygen atoms in total. The van der Waals surface area contributed by atoms with Gasteiger partial charge in [0.25, 0.3) is 0 Å². The summed E-state index contributed by atoms with van der Waals surface area (Å²) < 4.78 is 7.63. The molecule has 6 saturated carbocycles. The SMILES string of the molecule is C#C[C@]1(O)CC[C@H]2[C@@H]3CCc4cc(C)ccc4[C@H]3CC[C@@]21C.Cc1ccc2c(c1)CC[C@@H]1[C@@H]2CC[C@@]2(C)[C@H]1CC[C@@]2(O)C#C[Si](C)(C)c1ccccc1.Cc1ccc2c(c1)CC[C@@H]1[C@@H]2CC[C@@]2(C)[C@H]1CC[C@]2(C#C[Si](C)(C)c1ccccc1)O[Si](C)(C)c1ccccc1. The molecule has 6 aromatic rings. The first-order valence-electron chi connectivity index (χ1n) is 36.4. The molecule has 0 amide bonds. The van der Waals surface area contributed by atoms with Crippen LogP contribution >= 0.6 is 0 Å². The van der Waals surface area contributed by atoms with E-state index < -0.39 is 35.7 Å². The zero-order chi connectivity index (χ0) is 65.6. The van der Waals surface area contributed by atoms with E-state index in [-0.39, 0.29) is 21.8 Å². The summed E-state index contributed by atoms with van der Waals surface area (Å²) in [6, 6.07) is 54.1. The number of aryl methyl sites for hydroxylation is 6. The number of benzene rings is 6. The molecule has 9 aliphatic rings. The van der Waals surface area contributed by atoms with Gasteiger partial charge in [-0.15, -0.1) is 17.5 Å². The van der Waals surface area contributed by atoms with E-state index in [1.54, 1.807) is 33.4 Å². The smallest absolute Gasteiger partial charge is 0.220 e. The van der Waals surface area contributed by atoms with E-state index in [0.717, 1.165) is 50.9 Å². The van der Waals surface area contributed by atoms with Crippen molar-refractivity contribution in [2.75, 3.05) is 0 Å². The zero-order valence-electron chi connectivity index (χ0n) is 58.7. The molecule has 6 aromatic carbocycles. The van der Waals surface area contributed by atoms with Crippen molar-refractivity contribution in [2.45, 2.75) is 231 Å². The Bertz CT molecular complexity index is 3920. The van der Waals surface area contributed by atoms with Gasteiger partial charge in [0, 0.05) is 16.2 Å². The molecule has 15 atom stereocenters. The number of hydrogen-bond acceptors (Lipinski definition) is 3. The Labute approximate surface area is 564 Å². The van der Waals surface area contributed by atoms with Crippen LogP contribution in [0.4, 0.5) is 0 Å². The first kappa shape index (κ1) is 66.2. The van der Waals surface area contributed by atoms with Crippen molar-refractivity contribution in [3.05, 3.63) is 196 Å². The predicted molar refractivity (Wildman–Crippen MR) is 396 cm³/mol. The third-order valence-corrected chi connectivity index (χ3v) is 35.0. The van der Waals surface area contributed by atoms with Gasteiger partial charge < -0.3 is 14.6 Å². The second kappa shape index (κ2) is 24.9. The van der Waals surface area contributed by atoms with Crippen molar-refractivity contribution >= 4 is 40.0 Å². The Hall–Kier alpha value is -5.47. The minimum absolute atomic E-state index is 0.0730. The minimum Gasteiger partial charge on any atom is -0.396 e. The standard InChI is InChI=1S/C37H46OSi2.C29H36OSi.C21H26O/c1-28-17-19-32-29(27-28)18-20-34-33(32)21-23-36(2)35(34)22-24-37(36,38-40(5,6)31-15-11-8-12-16-31)25-26-39(3,4)30-13-9-7-10-14-30;1-21-10-12-24-22(20-21)11-13-26-25(24)14-16-28(2)27(26)15-17-29(28,30)18-19-31(3,4)23-8-6-5-7-9-23;1-4-21(22)12-10-19-18-8-6-15-13-14(2)5-7-16(15)17(18)9-11-20(19,21)3/h7-17,19,27,33-35H,18,20-24H2,1-6H3;5-10,12,20,25-27,30H,11,13-17H2,1-4H3;1,5,7,13,17-19,22H,6,8-12H2,2-3H3/t33-,34-,35+,36+,37-;25-,26-,27+,28+,29-;17-,18-,19+,20+,21+/m111/s1. The fourth-order valence-corrected chi connectivity index (χ4v) is 27.5. The van der Waals surface area contributed by atoms with Crippen LogP contribution in [-0.2, 0) is 23.7 Å². The molecule has 15 rings (SSSR count). The monoisotopic (exact) mass is 1280 g/mol. The summed E-state index contributed by atoms with van der Waals surface area (Å²) in [7, 11) is -6.05. The van der Waals surface area contributed by atoms with Gasteiger partial charge in [-0.2, -0.15) is 0 Å². The summed E-state index contributed by atoms with van der Waals surface area (Å²) in [4.78, 5) is 0. The highest BCUT2D eigenvalue weighted by molar-refractivity contribution is 6.97. The number of aliphatic hydroxyl groups is 2. The van der Waals surface area contributed by atoms with Gasteiger partial charge in [-0.1, -0.05) is 227 Å². The van der Waals surface area contributed by atoms with Crippen LogP contribution in [0.3, 0.4) is 0 Å². The Morgan fingerprint density at radius 2 is 0.763 bits per heavy atom. The van der Waals surface area contributed by atoms with Crippen LogP contribution in [0.15, 0.2) is 146 Å². The third-order valence-electron chi connectivity index (χ3n) is 27.4. The lowest BCUT2D eigenvalue weighted by Gasteiger charge is -2.54. The van der Waals surface area contributed by atoms with E-state index in [4.69, 9.17) is 10.8 Å². The van der Waals surface area contributed by atoms with E-state index in [0.29, 0.717) is 47.3 Å². The van der Waals surface area contributed by atoms with E-state index >= 15 is 0 Å². The molecule has 6 fully saturated rings. The molecular formula is C87H108O3Si3. The highest BCUT2D eigenvalue weighted by Gasteiger charge is 2.65. The maximum absolute atomic E-state index is 11.9. The lowest BCUT2D eigenvalue weighted by Crippen LogP contribution is -2.59. The maximum atomic E-state index is 11.9. The number of rotatable bonds is 5. The summed E-state index contributed by atoms with van der Waals surface area (Å²) in [6.07, 6.45) is 26.3. The molecule has 2 N–H and O–H groups in total. The molecule has 486 valence electrons. The molecule has 0 aromatic heterocycles. The minimum atomic E-state index is -2.21. The number of fused-ring (bicyclic) bond motifs is 15. The molecular weight excluding hydrogens is 1180 g/mol. The van der Waals surface area contributed by atoms with Crippen LogP contribution in [0.5, 0.6) is 0 Å². The Morgan fingerprint density at radius 3 is 1.18 bits per heavy atom. The fourth-order valence-electron chi connectivity index (χ4n) is 21.7. The first-order chi connectivity index (χ1) is 44.3. The first-order valence-corrected chi connectivity index (χ1v) is 45.3. The quantitative estimate of drug-likeness (QED) is 0.134. The summed E-state index contributed by atoms with van der Waals surface area (Å²) in [5.41, 5.74) is 19.2. The van der Waals surface area contributed by atoms with E-state index in [1.807, 2.05) is 0 Å². The molecule has 9 aliphatic carbocycles. The highest BCUT2D eigenvalue weighted by Crippen LogP contribution is 2.68. The van der Waals surface area contributed by atoms with Crippen LogP contribution in [0, 0.1) is 108 Å². The average Bonchev–Trinajstić information content (AvgIpc) is 1.62. The van der Waals surface area contributed by atoms with Crippen molar-refractivity contribution in [3.63, 3.8) is 0 Å². The molecule has 0 unspecified atom stereocenters. The molecule has 0 saturated heterocycles. The Kier molecular flexibility index (Phi) is 17.7. The lowest BCUT2D eigenvalue weighted by atomic mass is 9.53. The van der Waals surface area contributed by atoms with E-state index in [9.17, 15) is 10.2 Å². The van der Waals surface area contributed by atoms with Crippen LogP contribution < -0.4 is 15.6 Å². The average molecular weight is 1290 g/mol. The Morgan fingerprint density at radius 1 is 0.409 bits per heavy atom. The van der Waals surface area contributed by atoms with Crippen molar-refractivity contribution in [2.24, 2.45) is 51.8 Å². The molecule has 6 heteroatoms. The second-order valence-electron chi connectivity index (χ2n) is 33.5. The summed E-state index contributed by atoms with van der Waals surface area (Å²) in [5.74, 6) is 16.4. The van der Waals surface area contributed by atoms with Gasteiger partial charge >= 0.3 is 0 Å². The van der Waals surface area contributed by atoms with Crippen LogP contribution in [0.1, 0.15) is 185 Å². The number of terminal acetylenes is 1. The number of hydrogen-bond donors (Lipinski definition) is 2. The molecule has 0 bridgehead atoms. The topological polar surface area (TPSA) is 49.7 Å². The Balaban J connectivity index is 0.000000132.